The standard InChI is InChI=1S/C68H56N4O4/c1-43-5-13-47(14-6-43)69(51-21-29-55(73)30-22-51)63-41-64(70(48-15-7-44(2)8-16-48)52-23-31-56(74)32-24-52)60-39-40-62-66(72(50-19-11-46(4)12-20-50)54-27-35-58(76)36-28-54)42-65(61-38-37-59(63)67(60)68(61)62)71(49-17-9-45(3)10-18-49)53-25-33-57(75)34-26-53/h5-42,63,66,73-76H,1-4H3. The summed E-state index contributed by atoms with van der Waals surface area (Å²) in [7, 11) is 0. The smallest absolute Gasteiger partial charge is 0.115 e. The van der Waals surface area contributed by atoms with Gasteiger partial charge in [0.15, 0.2) is 0 Å². The first-order chi connectivity index (χ1) is 36.9. The van der Waals surface area contributed by atoms with Crippen LogP contribution in [0.1, 0.15) is 56.6 Å². The highest BCUT2D eigenvalue weighted by Crippen LogP contribution is 2.55. The number of rotatable bonds is 12. The second kappa shape index (κ2) is 19.3. The van der Waals surface area contributed by atoms with Crippen LogP contribution in [0.2, 0.25) is 0 Å². The van der Waals surface area contributed by atoms with E-state index >= 15 is 0 Å². The molecule has 0 saturated heterocycles. The third-order valence-electron chi connectivity index (χ3n) is 14.8. The fraction of sp³-hybridized carbons (Fsp3) is 0.0882. The van der Waals surface area contributed by atoms with Gasteiger partial charge in [-0.15, -0.1) is 0 Å². The Balaban J connectivity index is 1.21. The van der Waals surface area contributed by atoms with Crippen LogP contribution in [0.15, 0.2) is 231 Å². The number of nitrogens with zero attached hydrogens (tertiary/aromatic N) is 4. The molecule has 0 spiro atoms. The minimum atomic E-state index is -0.410. The SMILES string of the molecule is Cc1ccc(N(C2=CC(N(c3ccc(C)cc3)c3ccc(O)cc3)c3ccc4c5c(ccc2c35)C(N(c2ccc(C)cc2)c2ccc(O)cc2)C=C4N(c2ccc(C)cc2)c2ccc(O)cc2)c2ccc(O)cc2)cc1. The first-order valence-corrected chi connectivity index (χ1v) is 25.6. The molecule has 372 valence electrons. The summed E-state index contributed by atoms with van der Waals surface area (Å²) in [5, 5.41) is 45.1. The van der Waals surface area contributed by atoms with E-state index < -0.39 is 12.1 Å². The van der Waals surface area contributed by atoms with Gasteiger partial charge in [0.25, 0.3) is 0 Å². The third kappa shape index (κ3) is 8.69. The van der Waals surface area contributed by atoms with Crippen molar-refractivity contribution in [3.63, 3.8) is 0 Å². The average molecular weight is 993 g/mol. The van der Waals surface area contributed by atoms with Gasteiger partial charge < -0.3 is 40.0 Å². The van der Waals surface area contributed by atoms with Gasteiger partial charge in [0, 0.05) is 56.6 Å². The van der Waals surface area contributed by atoms with Gasteiger partial charge in [-0.1, -0.05) is 95.1 Å². The van der Waals surface area contributed by atoms with Gasteiger partial charge in [-0.05, 0) is 207 Å². The summed E-state index contributed by atoms with van der Waals surface area (Å²) in [6.07, 6.45) is 4.72. The molecule has 0 aromatic heterocycles. The van der Waals surface area contributed by atoms with Crippen molar-refractivity contribution < 1.29 is 20.4 Å². The van der Waals surface area contributed by atoms with Crippen LogP contribution in [0.5, 0.6) is 23.0 Å². The topological polar surface area (TPSA) is 93.9 Å². The number of benzene rings is 10. The van der Waals surface area contributed by atoms with Crippen molar-refractivity contribution in [3.8, 4) is 23.0 Å². The predicted molar refractivity (Wildman–Crippen MR) is 311 cm³/mol. The third-order valence-corrected chi connectivity index (χ3v) is 14.8. The summed E-state index contributed by atoms with van der Waals surface area (Å²) in [4.78, 5) is 9.31. The van der Waals surface area contributed by atoms with E-state index in [1.165, 1.54) is 0 Å². The molecule has 0 saturated carbocycles. The molecule has 2 atom stereocenters. The normalized spacial score (nSPS) is 14.4. The number of phenolic OH excluding ortho intramolecular Hbond substituents is 4. The van der Waals surface area contributed by atoms with E-state index in [4.69, 9.17) is 0 Å². The van der Waals surface area contributed by atoms with Gasteiger partial charge in [0.05, 0.1) is 23.5 Å². The quantitative estimate of drug-likeness (QED) is 0.0962. The van der Waals surface area contributed by atoms with Crippen LogP contribution >= 0.6 is 0 Å². The van der Waals surface area contributed by atoms with Crippen LogP contribution < -0.4 is 19.6 Å². The molecule has 0 radical (unpaired) electrons. The first kappa shape index (κ1) is 47.4. The molecule has 76 heavy (non-hydrogen) atoms. The van der Waals surface area contributed by atoms with Crippen LogP contribution in [0.3, 0.4) is 0 Å². The molecule has 0 aliphatic heterocycles. The highest BCUT2D eigenvalue weighted by molar-refractivity contribution is 6.12. The highest BCUT2D eigenvalue weighted by Gasteiger charge is 2.38. The maximum atomic E-state index is 10.7. The lowest BCUT2D eigenvalue weighted by atomic mass is 9.78. The number of phenols is 4. The summed E-state index contributed by atoms with van der Waals surface area (Å²) in [6.45, 7) is 8.39. The molecule has 8 nitrogen and oxygen atoms in total. The summed E-state index contributed by atoms with van der Waals surface area (Å²) >= 11 is 0. The monoisotopic (exact) mass is 992 g/mol. The highest BCUT2D eigenvalue weighted by atomic mass is 16.3. The number of hydrogen-bond acceptors (Lipinski definition) is 8. The van der Waals surface area contributed by atoms with Crippen LogP contribution in [-0.4, -0.2) is 20.4 Å². The largest absolute Gasteiger partial charge is 0.508 e. The van der Waals surface area contributed by atoms with Crippen molar-refractivity contribution in [2.45, 2.75) is 39.8 Å². The Labute approximate surface area is 443 Å². The van der Waals surface area contributed by atoms with Crippen molar-refractivity contribution in [1.29, 1.82) is 0 Å². The Morgan fingerprint density at radius 1 is 0.263 bits per heavy atom. The Kier molecular flexibility index (Phi) is 12.0. The number of anilines is 8. The molecule has 0 amide bonds. The van der Waals surface area contributed by atoms with Gasteiger partial charge >= 0.3 is 0 Å². The lowest BCUT2D eigenvalue weighted by molar-refractivity contribution is 0.475. The van der Waals surface area contributed by atoms with E-state index in [0.717, 1.165) is 112 Å². The maximum absolute atomic E-state index is 10.7. The van der Waals surface area contributed by atoms with Crippen LogP contribution in [0, 0.1) is 27.7 Å². The average Bonchev–Trinajstić information content (AvgIpc) is 3.46. The lowest BCUT2D eigenvalue weighted by Gasteiger charge is -2.42. The summed E-state index contributed by atoms with van der Waals surface area (Å²) in [5.74, 6) is 0.707. The van der Waals surface area contributed by atoms with Crippen molar-refractivity contribution in [1.82, 2.24) is 0 Å². The lowest BCUT2D eigenvalue weighted by Crippen LogP contribution is -2.30. The summed E-state index contributed by atoms with van der Waals surface area (Å²) < 4.78 is 0. The second-order valence-corrected chi connectivity index (χ2v) is 20.0. The molecule has 2 aliphatic rings. The van der Waals surface area contributed by atoms with E-state index in [2.05, 4.69) is 181 Å². The molecule has 0 fully saturated rings. The number of aryl methyl sites for hydroxylation is 4. The molecule has 0 heterocycles. The molecule has 4 N–H and O–H groups in total. The molecule has 10 aromatic carbocycles. The predicted octanol–water partition coefficient (Wildman–Crippen LogP) is 17.0. The minimum absolute atomic E-state index is 0.175. The first-order valence-electron chi connectivity index (χ1n) is 25.6. The molecule has 10 aromatic rings. The van der Waals surface area contributed by atoms with Crippen molar-refractivity contribution in [2.75, 3.05) is 19.6 Å². The zero-order valence-electron chi connectivity index (χ0n) is 42.7. The molecule has 8 heteroatoms. The minimum Gasteiger partial charge on any atom is -0.508 e. The van der Waals surface area contributed by atoms with Gasteiger partial charge in [-0.3, -0.25) is 0 Å². The van der Waals surface area contributed by atoms with Crippen molar-refractivity contribution in [2.24, 2.45) is 0 Å². The Morgan fingerprint density at radius 3 is 0.750 bits per heavy atom. The van der Waals surface area contributed by atoms with E-state index in [0.29, 0.717) is 0 Å². The molecule has 2 unspecified atom stereocenters. The van der Waals surface area contributed by atoms with E-state index in [1.807, 2.05) is 48.5 Å². The number of hydrogen-bond donors (Lipinski definition) is 4. The van der Waals surface area contributed by atoms with Crippen LogP contribution in [-0.2, 0) is 0 Å². The molecular weight excluding hydrogens is 937 g/mol. The van der Waals surface area contributed by atoms with Crippen LogP contribution in [0.4, 0.5) is 45.5 Å². The zero-order valence-corrected chi connectivity index (χ0v) is 42.7. The Morgan fingerprint density at radius 2 is 0.487 bits per heavy atom. The van der Waals surface area contributed by atoms with Gasteiger partial charge in [-0.25, -0.2) is 0 Å². The van der Waals surface area contributed by atoms with E-state index in [1.54, 1.807) is 48.5 Å². The number of aromatic hydroxyl groups is 4. The van der Waals surface area contributed by atoms with E-state index in [-0.39, 0.29) is 23.0 Å². The van der Waals surface area contributed by atoms with Crippen LogP contribution in [0.25, 0.3) is 22.2 Å². The second-order valence-electron chi connectivity index (χ2n) is 20.0. The molecule has 0 bridgehead atoms. The fourth-order valence-corrected chi connectivity index (χ4v) is 11.0. The van der Waals surface area contributed by atoms with Gasteiger partial charge in [0.2, 0.25) is 0 Å². The molecule has 2 aliphatic carbocycles. The summed E-state index contributed by atoms with van der Waals surface area (Å²) in [5.41, 5.74) is 18.0. The van der Waals surface area contributed by atoms with Crippen molar-refractivity contribution >= 4 is 67.7 Å². The van der Waals surface area contributed by atoms with Gasteiger partial charge in [-0.2, -0.15) is 0 Å². The Bertz CT molecular complexity index is 3380. The van der Waals surface area contributed by atoms with E-state index in [9.17, 15) is 20.4 Å². The van der Waals surface area contributed by atoms with Gasteiger partial charge in [0.1, 0.15) is 23.0 Å². The molecule has 12 rings (SSSR count). The zero-order chi connectivity index (χ0) is 52.2. The van der Waals surface area contributed by atoms with Crippen molar-refractivity contribution in [3.05, 3.63) is 275 Å². The summed E-state index contributed by atoms with van der Waals surface area (Å²) in [6, 6.07) is 72.4. The fourth-order valence-electron chi connectivity index (χ4n) is 11.0. The molecular formula is C68H56N4O4. The Hall–Kier alpha value is -9.66. The maximum Gasteiger partial charge on any atom is 0.115 e.